The predicted molar refractivity (Wildman–Crippen MR) is 69.9 cm³/mol. The normalized spacial score (nSPS) is 21.3. The monoisotopic (exact) mass is 266 g/mol. The van der Waals surface area contributed by atoms with Gasteiger partial charge < -0.3 is 10.2 Å². The van der Waals surface area contributed by atoms with E-state index in [0.29, 0.717) is 22.9 Å². The molecule has 0 aromatic carbocycles. The lowest BCUT2D eigenvalue weighted by Crippen LogP contribution is -2.39. The van der Waals surface area contributed by atoms with Crippen molar-refractivity contribution in [1.29, 1.82) is 0 Å². The van der Waals surface area contributed by atoms with Gasteiger partial charge in [-0.1, -0.05) is 11.6 Å². The molecular weight excluding hydrogens is 252 g/mol. The second-order valence-corrected chi connectivity index (χ2v) is 5.06. The van der Waals surface area contributed by atoms with Crippen LogP contribution in [0.3, 0.4) is 0 Å². The van der Waals surface area contributed by atoms with E-state index in [9.17, 15) is 0 Å². The number of hydrogen-bond acceptors (Lipinski definition) is 5. The summed E-state index contributed by atoms with van der Waals surface area (Å²) in [5.41, 5.74) is 0. The van der Waals surface area contributed by atoms with E-state index in [1.165, 1.54) is 6.42 Å². The number of nitrogens with zero attached hydrogens (tertiary/aromatic N) is 5. The Bertz CT molecular complexity index is 553. The molecule has 1 N–H and O–H groups in total. The summed E-state index contributed by atoms with van der Waals surface area (Å²) in [6.07, 6.45) is 4.11. The third-order valence-electron chi connectivity index (χ3n) is 3.13. The molecule has 1 fully saturated rings. The first kappa shape index (κ1) is 11.7. The first-order valence-corrected chi connectivity index (χ1v) is 6.42. The summed E-state index contributed by atoms with van der Waals surface area (Å²) in [6, 6.07) is 2.10. The number of nitrogens with one attached hydrogen (secondary N) is 1. The van der Waals surface area contributed by atoms with Crippen LogP contribution in [0.4, 0.5) is 5.95 Å². The van der Waals surface area contributed by atoms with Crippen molar-refractivity contribution in [3.05, 3.63) is 17.4 Å². The van der Waals surface area contributed by atoms with Gasteiger partial charge in [0.2, 0.25) is 5.95 Å². The number of anilines is 1. The Labute approximate surface area is 110 Å². The molecule has 0 spiro atoms. The van der Waals surface area contributed by atoms with Crippen molar-refractivity contribution in [2.75, 3.05) is 25.5 Å². The molecular formula is C11H15ClN6. The maximum absolute atomic E-state index is 5.82. The smallest absolute Gasteiger partial charge is 0.255 e. The maximum Gasteiger partial charge on any atom is 0.255 e. The predicted octanol–water partition coefficient (Wildman–Crippen LogP) is 1.28. The highest BCUT2D eigenvalue weighted by Gasteiger charge is 2.18. The van der Waals surface area contributed by atoms with Crippen molar-refractivity contribution in [3.8, 4) is 0 Å². The van der Waals surface area contributed by atoms with Crippen molar-refractivity contribution in [2.24, 2.45) is 0 Å². The number of aromatic nitrogens is 4. The van der Waals surface area contributed by atoms with Crippen molar-refractivity contribution < 1.29 is 0 Å². The van der Waals surface area contributed by atoms with Crippen LogP contribution >= 0.6 is 11.6 Å². The van der Waals surface area contributed by atoms with Gasteiger partial charge in [0, 0.05) is 18.8 Å². The molecule has 2 aromatic rings. The molecule has 0 aliphatic carbocycles. The van der Waals surface area contributed by atoms with E-state index in [2.05, 4.69) is 32.3 Å². The van der Waals surface area contributed by atoms with Crippen molar-refractivity contribution in [3.63, 3.8) is 0 Å². The molecule has 3 heterocycles. The van der Waals surface area contributed by atoms with Crippen LogP contribution in [-0.2, 0) is 0 Å². The fourth-order valence-electron chi connectivity index (χ4n) is 2.28. The quantitative estimate of drug-likeness (QED) is 0.830. The Morgan fingerprint density at radius 3 is 3.17 bits per heavy atom. The van der Waals surface area contributed by atoms with Crippen LogP contribution in [0, 0.1) is 0 Å². The molecule has 3 rings (SSSR count). The second-order valence-electron chi connectivity index (χ2n) is 4.68. The van der Waals surface area contributed by atoms with Crippen molar-refractivity contribution >= 4 is 23.3 Å². The average Bonchev–Trinajstić information content (AvgIpc) is 2.70. The van der Waals surface area contributed by atoms with Crippen LogP contribution in [0.1, 0.15) is 12.8 Å². The van der Waals surface area contributed by atoms with E-state index in [4.69, 9.17) is 11.6 Å². The van der Waals surface area contributed by atoms with Crippen LogP contribution in [0.2, 0.25) is 5.15 Å². The summed E-state index contributed by atoms with van der Waals surface area (Å²) >= 11 is 5.82. The first-order valence-electron chi connectivity index (χ1n) is 6.05. The van der Waals surface area contributed by atoms with Gasteiger partial charge in [0.1, 0.15) is 5.15 Å². The third kappa shape index (κ3) is 2.39. The zero-order valence-electron chi connectivity index (χ0n) is 10.2. The van der Waals surface area contributed by atoms with Crippen molar-refractivity contribution in [1.82, 2.24) is 24.5 Å². The molecule has 0 unspecified atom stereocenters. The molecule has 2 aromatic heterocycles. The molecule has 1 aliphatic rings. The van der Waals surface area contributed by atoms with Crippen LogP contribution in [0.15, 0.2) is 12.3 Å². The Kier molecular flexibility index (Phi) is 3.05. The summed E-state index contributed by atoms with van der Waals surface area (Å²) in [7, 11) is 2.13. The Balaban J connectivity index is 1.78. The molecule has 0 bridgehead atoms. The van der Waals surface area contributed by atoms with Gasteiger partial charge in [-0.15, -0.1) is 5.10 Å². The van der Waals surface area contributed by atoms with Gasteiger partial charge in [-0.05, 0) is 32.5 Å². The van der Waals surface area contributed by atoms with Crippen molar-refractivity contribution in [2.45, 2.75) is 18.9 Å². The van der Waals surface area contributed by atoms with Gasteiger partial charge in [-0.3, -0.25) is 0 Å². The summed E-state index contributed by atoms with van der Waals surface area (Å²) in [5.74, 6) is 1.14. The van der Waals surface area contributed by atoms with Gasteiger partial charge in [0.05, 0.1) is 0 Å². The number of hydrogen-bond donors (Lipinski definition) is 1. The molecule has 7 heteroatoms. The SMILES string of the molecule is CN1CCC[C@@H](Nc2nc3nc(Cl)ccn3n2)C1. The zero-order valence-corrected chi connectivity index (χ0v) is 10.9. The zero-order chi connectivity index (χ0) is 12.5. The second kappa shape index (κ2) is 4.70. The average molecular weight is 267 g/mol. The van der Waals surface area contributed by atoms with Crippen LogP contribution in [0.5, 0.6) is 0 Å². The molecule has 0 radical (unpaired) electrons. The van der Waals surface area contributed by atoms with E-state index in [-0.39, 0.29) is 0 Å². The molecule has 96 valence electrons. The first-order chi connectivity index (χ1) is 8.70. The summed E-state index contributed by atoms with van der Waals surface area (Å²) < 4.78 is 1.63. The highest BCUT2D eigenvalue weighted by Crippen LogP contribution is 2.13. The van der Waals surface area contributed by atoms with E-state index in [1.54, 1.807) is 16.8 Å². The van der Waals surface area contributed by atoms with E-state index in [0.717, 1.165) is 19.5 Å². The van der Waals surface area contributed by atoms with E-state index in [1.807, 2.05) is 0 Å². The third-order valence-corrected chi connectivity index (χ3v) is 3.34. The van der Waals surface area contributed by atoms with Gasteiger partial charge in [-0.25, -0.2) is 4.52 Å². The molecule has 1 aliphatic heterocycles. The van der Waals surface area contributed by atoms with Gasteiger partial charge >= 0.3 is 0 Å². The minimum absolute atomic E-state index is 0.400. The highest BCUT2D eigenvalue weighted by molar-refractivity contribution is 6.29. The highest BCUT2D eigenvalue weighted by atomic mass is 35.5. The summed E-state index contributed by atoms with van der Waals surface area (Å²) in [4.78, 5) is 10.7. The summed E-state index contributed by atoms with van der Waals surface area (Å²) in [6.45, 7) is 2.18. The number of likely N-dealkylation sites (N-methyl/N-ethyl adjacent to an activating group) is 1. The standard InChI is InChI=1S/C11H15ClN6/c1-17-5-2-3-8(7-17)13-10-15-11-14-9(12)4-6-18(11)16-10/h4,6,8H,2-3,5,7H2,1H3,(H,13,16)/t8-/m1/s1. The molecule has 0 saturated carbocycles. The number of piperidine rings is 1. The molecule has 0 amide bonds. The van der Waals surface area contributed by atoms with Crippen LogP contribution < -0.4 is 5.32 Å². The van der Waals surface area contributed by atoms with E-state index >= 15 is 0 Å². The van der Waals surface area contributed by atoms with Crippen LogP contribution in [0.25, 0.3) is 5.78 Å². The minimum atomic E-state index is 0.400. The molecule has 6 nitrogen and oxygen atoms in total. The molecule has 1 atom stereocenters. The fourth-order valence-corrected chi connectivity index (χ4v) is 2.42. The van der Waals surface area contributed by atoms with Gasteiger partial charge in [0.25, 0.3) is 5.78 Å². The number of halogens is 1. The lowest BCUT2D eigenvalue weighted by Gasteiger charge is -2.29. The number of rotatable bonds is 2. The largest absolute Gasteiger partial charge is 0.349 e. The maximum atomic E-state index is 5.82. The Morgan fingerprint density at radius 1 is 1.44 bits per heavy atom. The summed E-state index contributed by atoms with van der Waals surface area (Å²) in [5, 5.41) is 8.11. The Hall–Kier alpha value is -1.40. The number of likely N-dealkylation sites (tertiary alicyclic amines) is 1. The topological polar surface area (TPSA) is 58.3 Å². The van der Waals surface area contributed by atoms with E-state index < -0.39 is 0 Å². The molecule has 1 saturated heterocycles. The molecule has 18 heavy (non-hydrogen) atoms. The lowest BCUT2D eigenvalue weighted by molar-refractivity contribution is 0.260. The van der Waals surface area contributed by atoms with Crippen LogP contribution in [-0.4, -0.2) is 50.7 Å². The Morgan fingerprint density at radius 2 is 2.33 bits per heavy atom. The minimum Gasteiger partial charge on any atom is -0.349 e. The van der Waals surface area contributed by atoms with Gasteiger partial charge in [0.15, 0.2) is 0 Å². The lowest BCUT2D eigenvalue weighted by atomic mass is 10.1. The fraction of sp³-hybridized carbons (Fsp3) is 0.545. The number of fused-ring (bicyclic) bond motifs is 1. The van der Waals surface area contributed by atoms with Gasteiger partial charge in [-0.2, -0.15) is 9.97 Å².